The Balaban J connectivity index is 2.21. The van der Waals surface area contributed by atoms with Gasteiger partial charge in [-0.15, -0.1) is 0 Å². The van der Waals surface area contributed by atoms with E-state index < -0.39 is 0 Å². The van der Waals surface area contributed by atoms with Gasteiger partial charge in [-0.05, 0) is 26.0 Å². The summed E-state index contributed by atoms with van der Waals surface area (Å²) in [7, 11) is 0. The number of carbonyl (C=O) groups excluding carboxylic acids is 1. The zero-order valence-electron chi connectivity index (χ0n) is 8.76. The van der Waals surface area contributed by atoms with Crippen LogP contribution in [0.25, 0.3) is 0 Å². The van der Waals surface area contributed by atoms with E-state index in [0.29, 0.717) is 0 Å². The van der Waals surface area contributed by atoms with E-state index in [1.54, 1.807) is 0 Å². The van der Waals surface area contributed by atoms with E-state index >= 15 is 0 Å². The van der Waals surface area contributed by atoms with Crippen molar-refractivity contribution >= 4 is 5.91 Å². The first-order valence-corrected chi connectivity index (χ1v) is 4.95. The Hall–Kier alpha value is -1.25. The minimum Gasteiger partial charge on any atom is -0.464 e. The molecule has 76 valence electrons. The van der Waals surface area contributed by atoms with E-state index in [1.165, 1.54) is 0 Å². The van der Waals surface area contributed by atoms with Gasteiger partial charge in [0.15, 0.2) is 0 Å². The van der Waals surface area contributed by atoms with Crippen LogP contribution in [-0.2, 0) is 11.2 Å². The topological polar surface area (TPSA) is 42.2 Å². The van der Waals surface area contributed by atoms with Crippen molar-refractivity contribution < 1.29 is 9.21 Å². The lowest BCUT2D eigenvalue weighted by molar-refractivity contribution is -0.144. The molecule has 1 aromatic heterocycles. The van der Waals surface area contributed by atoms with Gasteiger partial charge in [-0.2, -0.15) is 0 Å². The van der Waals surface area contributed by atoms with Crippen molar-refractivity contribution in [1.29, 1.82) is 0 Å². The van der Waals surface area contributed by atoms with Crippen molar-refractivity contribution in [3.63, 3.8) is 0 Å². The highest BCUT2D eigenvalue weighted by Crippen LogP contribution is 2.41. The smallest absolute Gasteiger partial charge is 0.228 e. The Kier molecular flexibility index (Phi) is 1.91. The van der Waals surface area contributed by atoms with Gasteiger partial charge in [-0.1, -0.05) is 6.92 Å². The van der Waals surface area contributed by atoms with Crippen LogP contribution in [0.1, 0.15) is 38.3 Å². The highest BCUT2D eigenvalue weighted by Gasteiger charge is 2.49. The minimum atomic E-state index is -0.330. The van der Waals surface area contributed by atoms with Gasteiger partial charge >= 0.3 is 0 Å². The largest absolute Gasteiger partial charge is 0.464 e. The van der Waals surface area contributed by atoms with E-state index in [4.69, 9.17) is 4.42 Å². The van der Waals surface area contributed by atoms with E-state index in [1.807, 2.05) is 32.9 Å². The first-order chi connectivity index (χ1) is 6.55. The second kappa shape index (κ2) is 2.87. The fourth-order valence-electron chi connectivity index (χ4n) is 1.72. The molecule has 1 amide bonds. The molecule has 3 nitrogen and oxygen atoms in total. The number of hydrogen-bond donors (Lipinski definition) is 1. The number of furan rings is 1. The average molecular weight is 193 g/mol. The van der Waals surface area contributed by atoms with Gasteiger partial charge in [0.25, 0.3) is 0 Å². The van der Waals surface area contributed by atoms with Gasteiger partial charge in [-0.25, -0.2) is 0 Å². The molecule has 0 spiro atoms. The van der Waals surface area contributed by atoms with Gasteiger partial charge in [0.05, 0.1) is 5.41 Å². The van der Waals surface area contributed by atoms with Crippen LogP contribution in [0.5, 0.6) is 0 Å². The molecule has 1 saturated heterocycles. The molecular weight excluding hydrogens is 178 g/mol. The monoisotopic (exact) mass is 193 g/mol. The third kappa shape index (κ3) is 1.15. The zero-order chi connectivity index (χ0) is 10.3. The predicted molar refractivity (Wildman–Crippen MR) is 52.8 cm³/mol. The summed E-state index contributed by atoms with van der Waals surface area (Å²) in [6.45, 7) is 5.92. The van der Waals surface area contributed by atoms with Crippen molar-refractivity contribution in [1.82, 2.24) is 5.32 Å². The molecule has 1 fully saturated rings. The number of nitrogens with one attached hydrogen (secondary N) is 1. The van der Waals surface area contributed by atoms with Crippen molar-refractivity contribution in [2.75, 3.05) is 0 Å². The number of aryl methyl sites for hydroxylation is 1. The van der Waals surface area contributed by atoms with Gasteiger partial charge < -0.3 is 9.73 Å². The second-order valence-electron chi connectivity index (χ2n) is 4.29. The SMILES string of the molecule is CCc1ccc(C2NC(=O)C2(C)C)o1. The molecule has 1 aromatic rings. The predicted octanol–water partition coefficient (Wildman–Crippen LogP) is 2.04. The maximum absolute atomic E-state index is 11.3. The molecule has 14 heavy (non-hydrogen) atoms. The lowest BCUT2D eigenvalue weighted by Crippen LogP contribution is -2.57. The highest BCUT2D eigenvalue weighted by molar-refractivity contribution is 5.89. The number of hydrogen-bond acceptors (Lipinski definition) is 2. The van der Waals surface area contributed by atoms with E-state index in [9.17, 15) is 4.79 Å². The van der Waals surface area contributed by atoms with E-state index in [-0.39, 0.29) is 17.4 Å². The quantitative estimate of drug-likeness (QED) is 0.730. The van der Waals surface area contributed by atoms with Gasteiger partial charge in [0, 0.05) is 6.42 Å². The average Bonchev–Trinajstić information content (AvgIpc) is 2.61. The van der Waals surface area contributed by atoms with E-state index in [0.717, 1.165) is 17.9 Å². The van der Waals surface area contributed by atoms with Crippen LogP contribution >= 0.6 is 0 Å². The summed E-state index contributed by atoms with van der Waals surface area (Å²) in [6.07, 6.45) is 0.890. The molecule has 1 unspecified atom stereocenters. The molecule has 1 aliphatic heterocycles. The molecule has 1 aliphatic rings. The number of amides is 1. The number of β-lactam (4-membered cyclic amide) rings is 1. The van der Waals surface area contributed by atoms with Gasteiger partial charge in [0.2, 0.25) is 5.91 Å². The van der Waals surface area contributed by atoms with Crippen LogP contribution in [0, 0.1) is 5.41 Å². The number of carbonyl (C=O) groups is 1. The summed E-state index contributed by atoms with van der Waals surface area (Å²) in [4.78, 5) is 11.3. The fourth-order valence-corrected chi connectivity index (χ4v) is 1.72. The summed E-state index contributed by atoms with van der Waals surface area (Å²) < 4.78 is 5.61. The Morgan fingerprint density at radius 1 is 1.50 bits per heavy atom. The van der Waals surface area contributed by atoms with Crippen molar-refractivity contribution in [2.24, 2.45) is 5.41 Å². The molecule has 3 heteroatoms. The molecule has 2 heterocycles. The molecule has 0 bridgehead atoms. The van der Waals surface area contributed by atoms with Crippen molar-refractivity contribution in [2.45, 2.75) is 33.2 Å². The van der Waals surface area contributed by atoms with Gasteiger partial charge in [-0.3, -0.25) is 4.79 Å². The van der Waals surface area contributed by atoms with Crippen LogP contribution in [0.3, 0.4) is 0 Å². The van der Waals surface area contributed by atoms with Crippen molar-refractivity contribution in [3.05, 3.63) is 23.7 Å². The normalized spacial score (nSPS) is 24.2. The first-order valence-electron chi connectivity index (χ1n) is 4.95. The molecule has 1 atom stereocenters. The van der Waals surface area contributed by atoms with Crippen LogP contribution < -0.4 is 5.32 Å². The molecule has 0 saturated carbocycles. The summed E-state index contributed by atoms with van der Waals surface area (Å²) >= 11 is 0. The number of rotatable bonds is 2. The summed E-state index contributed by atoms with van der Waals surface area (Å²) in [5.41, 5.74) is -0.330. The van der Waals surface area contributed by atoms with Crippen molar-refractivity contribution in [3.8, 4) is 0 Å². The third-order valence-corrected chi connectivity index (χ3v) is 2.90. The van der Waals surface area contributed by atoms with E-state index in [2.05, 4.69) is 5.32 Å². The maximum Gasteiger partial charge on any atom is 0.228 e. The third-order valence-electron chi connectivity index (χ3n) is 2.90. The Morgan fingerprint density at radius 2 is 2.21 bits per heavy atom. The van der Waals surface area contributed by atoms with Crippen LogP contribution in [-0.4, -0.2) is 5.91 Å². The minimum absolute atomic E-state index is 0.0373. The van der Waals surface area contributed by atoms with Crippen LogP contribution in [0.2, 0.25) is 0 Å². The summed E-state index contributed by atoms with van der Waals surface area (Å²) in [5, 5.41) is 2.85. The zero-order valence-corrected chi connectivity index (χ0v) is 8.76. The lowest BCUT2D eigenvalue weighted by Gasteiger charge is -2.42. The molecular formula is C11H15NO2. The van der Waals surface area contributed by atoms with Gasteiger partial charge in [0.1, 0.15) is 17.6 Å². The Bertz CT molecular complexity index is 365. The summed E-state index contributed by atoms with van der Waals surface area (Å²) in [6, 6.07) is 3.95. The second-order valence-corrected chi connectivity index (χ2v) is 4.29. The standard InChI is InChI=1S/C11H15NO2/c1-4-7-5-6-8(14-7)9-11(2,3)10(13)12-9/h5-6,9H,4H2,1-3H3,(H,12,13). The molecule has 0 aromatic carbocycles. The molecule has 2 rings (SSSR count). The van der Waals surface area contributed by atoms with Crippen LogP contribution in [0.15, 0.2) is 16.5 Å². The molecule has 0 aliphatic carbocycles. The fraction of sp³-hybridized carbons (Fsp3) is 0.545. The molecule has 0 radical (unpaired) electrons. The first kappa shape index (κ1) is 9.31. The lowest BCUT2D eigenvalue weighted by atomic mass is 9.75. The maximum atomic E-state index is 11.3. The Morgan fingerprint density at radius 3 is 2.64 bits per heavy atom. The summed E-state index contributed by atoms with van der Waals surface area (Å²) in [5.74, 6) is 1.93. The Labute approximate surface area is 83.5 Å². The van der Waals surface area contributed by atoms with Crippen LogP contribution in [0.4, 0.5) is 0 Å². The molecule has 1 N–H and O–H groups in total. The highest BCUT2D eigenvalue weighted by atomic mass is 16.3.